The Morgan fingerprint density at radius 2 is 1.69 bits per heavy atom. The number of hydrogen-bond donors (Lipinski definition) is 1. The molecule has 1 amide bonds. The Balaban J connectivity index is 1.88. The molecular weight excluding hydrogens is 522 g/mol. The number of methoxy groups -OCH3 is 1. The molecular formula is C29H28BrNO5. The Morgan fingerprint density at radius 3 is 2.25 bits per heavy atom. The van der Waals surface area contributed by atoms with Gasteiger partial charge < -0.3 is 14.6 Å². The van der Waals surface area contributed by atoms with Gasteiger partial charge in [-0.1, -0.05) is 38.1 Å². The molecule has 1 aliphatic heterocycles. The van der Waals surface area contributed by atoms with E-state index in [1.165, 1.54) is 4.90 Å². The Bertz CT molecular complexity index is 1310. The van der Waals surface area contributed by atoms with Crippen molar-refractivity contribution in [3.63, 3.8) is 0 Å². The molecule has 1 N–H and O–H groups in total. The minimum atomic E-state index is -0.813. The van der Waals surface area contributed by atoms with Crippen molar-refractivity contribution in [3.05, 3.63) is 93.5 Å². The molecule has 4 rings (SSSR count). The first-order valence-electron chi connectivity index (χ1n) is 11.7. The molecule has 1 aliphatic rings. The van der Waals surface area contributed by atoms with Crippen LogP contribution in [0.5, 0.6) is 11.5 Å². The van der Waals surface area contributed by atoms with E-state index in [9.17, 15) is 14.7 Å². The van der Waals surface area contributed by atoms with Crippen molar-refractivity contribution in [3.8, 4) is 11.5 Å². The predicted octanol–water partition coefficient (Wildman–Crippen LogP) is 6.61. The third-order valence-corrected chi connectivity index (χ3v) is 6.83. The van der Waals surface area contributed by atoms with Gasteiger partial charge in [0.05, 0.1) is 29.8 Å². The third-order valence-electron chi connectivity index (χ3n) is 6.21. The molecule has 0 radical (unpaired) electrons. The van der Waals surface area contributed by atoms with Gasteiger partial charge in [-0.15, -0.1) is 0 Å². The van der Waals surface area contributed by atoms with Crippen LogP contribution in [-0.2, 0) is 9.59 Å². The number of Topliss-reactive ketones (excluding diaryl/α,β-unsaturated/α-hetero) is 1. The molecule has 0 bridgehead atoms. The Morgan fingerprint density at radius 1 is 1.03 bits per heavy atom. The van der Waals surface area contributed by atoms with Crippen LogP contribution in [0.25, 0.3) is 5.76 Å². The maximum atomic E-state index is 13.4. The first-order valence-corrected chi connectivity index (χ1v) is 12.5. The summed E-state index contributed by atoms with van der Waals surface area (Å²) >= 11 is 3.43. The van der Waals surface area contributed by atoms with Crippen LogP contribution in [0.2, 0.25) is 0 Å². The van der Waals surface area contributed by atoms with E-state index in [4.69, 9.17) is 9.47 Å². The lowest BCUT2D eigenvalue weighted by Crippen LogP contribution is -2.29. The van der Waals surface area contributed by atoms with Crippen LogP contribution in [-0.4, -0.2) is 30.5 Å². The number of ether oxygens (including phenoxy) is 2. The lowest BCUT2D eigenvalue weighted by molar-refractivity contribution is -0.132. The molecule has 186 valence electrons. The number of halogens is 1. The van der Waals surface area contributed by atoms with Crippen LogP contribution in [0.15, 0.2) is 76.8 Å². The smallest absolute Gasteiger partial charge is 0.300 e. The van der Waals surface area contributed by atoms with Crippen LogP contribution >= 0.6 is 15.9 Å². The van der Waals surface area contributed by atoms with Crippen molar-refractivity contribution in [2.45, 2.75) is 32.7 Å². The second-order valence-electron chi connectivity index (χ2n) is 8.77. The Kier molecular flexibility index (Phi) is 7.50. The summed E-state index contributed by atoms with van der Waals surface area (Å²) in [6.07, 6.45) is 0. The number of aliphatic hydroxyl groups excluding tert-OH is 1. The average Bonchev–Trinajstić information content (AvgIpc) is 3.14. The maximum absolute atomic E-state index is 13.4. The SMILES string of the molecule is CCOc1ccc(C2/C(=C(/O)c3ccc(OC)c(Br)c3)C(=O)C(=O)N2c2ccc(C(C)C)cc2)cc1. The van der Waals surface area contributed by atoms with Crippen molar-refractivity contribution < 1.29 is 24.2 Å². The molecule has 1 saturated heterocycles. The fraction of sp³-hybridized carbons (Fsp3) is 0.241. The van der Waals surface area contributed by atoms with Crippen LogP contribution in [0.3, 0.4) is 0 Å². The highest BCUT2D eigenvalue weighted by Gasteiger charge is 2.47. The molecule has 1 heterocycles. The van der Waals surface area contributed by atoms with Crippen LogP contribution in [0.1, 0.15) is 49.4 Å². The minimum absolute atomic E-state index is 0.0224. The zero-order valence-electron chi connectivity index (χ0n) is 20.6. The summed E-state index contributed by atoms with van der Waals surface area (Å²) in [5.74, 6) is -0.104. The largest absolute Gasteiger partial charge is 0.507 e. The van der Waals surface area contributed by atoms with Crippen molar-refractivity contribution in [1.82, 2.24) is 0 Å². The second kappa shape index (κ2) is 10.6. The fourth-order valence-electron chi connectivity index (χ4n) is 4.32. The maximum Gasteiger partial charge on any atom is 0.300 e. The van der Waals surface area contributed by atoms with Gasteiger partial charge in [-0.05, 0) is 82.4 Å². The van der Waals surface area contributed by atoms with Crippen LogP contribution in [0.4, 0.5) is 5.69 Å². The summed E-state index contributed by atoms with van der Waals surface area (Å²) in [7, 11) is 1.54. The van der Waals surface area contributed by atoms with Crippen LogP contribution in [0, 0.1) is 0 Å². The summed E-state index contributed by atoms with van der Waals surface area (Å²) < 4.78 is 11.5. The first kappa shape index (κ1) is 25.5. The van der Waals surface area contributed by atoms with E-state index in [2.05, 4.69) is 29.8 Å². The number of ketones is 1. The number of rotatable bonds is 7. The zero-order chi connectivity index (χ0) is 26.0. The number of hydrogen-bond acceptors (Lipinski definition) is 5. The van der Waals surface area contributed by atoms with Gasteiger partial charge in [0, 0.05) is 11.3 Å². The number of benzene rings is 3. The number of carbonyl (C=O) groups excluding carboxylic acids is 2. The highest BCUT2D eigenvalue weighted by atomic mass is 79.9. The third kappa shape index (κ3) is 4.75. The van der Waals surface area contributed by atoms with Gasteiger partial charge in [-0.2, -0.15) is 0 Å². The van der Waals surface area contributed by atoms with Crippen molar-refractivity contribution >= 4 is 39.1 Å². The Labute approximate surface area is 219 Å². The molecule has 1 unspecified atom stereocenters. The lowest BCUT2D eigenvalue weighted by Gasteiger charge is -2.26. The molecule has 0 aliphatic carbocycles. The second-order valence-corrected chi connectivity index (χ2v) is 9.62. The summed E-state index contributed by atoms with van der Waals surface area (Å²) in [6, 6.07) is 19.0. The molecule has 3 aromatic rings. The van der Waals surface area contributed by atoms with E-state index in [0.29, 0.717) is 45.3 Å². The number of nitrogens with zero attached hydrogens (tertiary/aromatic N) is 1. The van der Waals surface area contributed by atoms with Crippen molar-refractivity contribution in [2.24, 2.45) is 0 Å². The quantitative estimate of drug-likeness (QED) is 0.204. The highest BCUT2D eigenvalue weighted by Crippen LogP contribution is 2.43. The molecule has 1 atom stereocenters. The average molecular weight is 550 g/mol. The summed E-state index contributed by atoms with van der Waals surface area (Å²) in [5, 5.41) is 11.3. The van der Waals surface area contributed by atoms with Gasteiger partial charge in [0.2, 0.25) is 0 Å². The van der Waals surface area contributed by atoms with Gasteiger partial charge >= 0.3 is 0 Å². The Hall–Kier alpha value is -3.58. The van der Waals surface area contributed by atoms with Gasteiger partial charge in [-0.3, -0.25) is 14.5 Å². The van der Waals surface area contributed by atoms with Gasteiger partial charge in [0.25, 0.3) is 11.7 Å². The van der Waals surface area contributed by atoms with Gasteiger partial charge in [0.1, 0.15) is 17.3 Å². The van der Waals surface area contributed by atoms with Gasteiger partial charge in [-0.25, -0.2) is 0 Å². The predicted molar refractivity (Wildman–Crippen MR) is 144 cm³/mol. The number of aliphatic hydroxyl groups is 1. The summed E-state index contributed by atoms with van der Waals surface area (Å²) in [4.78, 5) is 28.2. The molecule has 3 aromatic carbocycles. The zero-order valence-corrected chi connectivity index (χ0v) is 22.2. The van der Waals surface area contributed by atoms with E-state index in [1.807, 2.05) is 43.3 Å². The monoisotopic (exact) mass is 549 g/mol. The van der Waals surface area contributed by atoms with E-state index >= 15 is 0 Å². The number of anilines is 1. The van der Waals surface area contributed by atoms with Crippen molar-refractivity contribution in [2.75, 3.05) is 18.6 Å². The highest BCUT2D eigenvalue weighted by molar-refractivity contribution is 9.10. The normalized spacial score (nSPS) is 17.1. The molecule has 7 heteroatoms. The summed E-state index contributed by atoms with van der Waals surface area (Å²) in [6.45, 7) is 6.60. The van der Waals surface area contributed by atoms with E-state index < -0.39 is 17.7 Å². The van der Waals surface area contributed by atoms with E-state index in [1.54, 1.807) is 37.4 Å². The molecule has 1 fully saturated rings. The van der Waals surface area contributed by atoms with Gasteiger partial charge in [0.15, 0.2) is 0 Å². The molecule has 36 heavy (non-hydrogen) atoms. The minimum Gasteiger partial charge on any atom is -0.507 e. The topological polar surface area (TPSA) is 76.1 Å². The van der Waals surface area contributed by atoms with E-state index in [0.717, 1.165) is 5.56 Å². The number of carbonyl (C=O) groups is 2. The van der Waals surface area contributed by atoms with Crippen LogP contribution < -0.4 is 14.4 Å². The fourth-order valence-corrected chi connectivity index (χ4v) is 4.86. The molecule has 0 saturated carbocycles. The molecule has 6 nitrogen and oxygen atoms in total. The van der Waals surface area contributed by atoms with Crippen molar-refractivity contribution in [1.29, 1.82) is 0 Å². The van der Waals surface area contributed by atoms with E-state index in [-0.39, 0.29) is 11.3 Å². The summed E-state index contributed by atoms with van der Waals surface area (Å²) in [5.41, 5.74) is 2.80. The standard InChI is InChI=1S/C29H28BrNO5/c1-5-36-22-13-8-19(9-14-22)26-25(27(32)20-10-15-24(35-4)23(30)16-20)28(33)29(34)31(26)21-11-6-18(7-12-21)17(2)3/h6-17,26,32H,5H2,1-4H3/b27-25-. The first-order chi connectivity index (χ1) is 17.3. The molecule has 0 aromatic heterocycles. The molecule has 0 spiro atoms. The lowest BCUT2D eigenvalue weighted by atomic mass is 9.95. The number of amides is 1.